The van der Waals surface area contributed by atoms with Crippen molar-refractivity contribution in [3.05, 3.63) is 0 Å². The summed E-state index contributed by atoms with van der Waals surface area (Å²) in [5, 5.41) is 0. The smallest absolute Gasteiger partial charge is 0.104 e. The second-order valence-electron chi connectivity index (χ2n) is 2.41. The molecule has 2 heteroatoms. The van der Waals surface area contributed by atoms with Crippen molar-refractivity contribution in [3.63, 3.8) is 0 Å². The minimum absolute atomic E-state index is 0.212. The Labute approximate surface area is 56.4 Å². The van der Waals surface area contributed by atoms with Crippen LogP contribution in [0.25, 0.3) is 0 Å². The minimum atomic E-state index is -0.371. The van der Waals surface area contributed by atoms with Gasteiger partial charge in [-0.05, 0) is 6.42 Å². The lowest BCUT2D eigenvalue weighted by Crippen LogP contribution is -2.21. The topological polar surface area (TPSA) is 26.0 Å². The summed E-state index contributed by atoms with van der Waals surface area (Å²) >= 11 is 0. The van der Waals surface area contributed by atoms with E-state index in [0.29, 0.717) is 0 Å². The second-order valence-corrected chi connectivity index (χ2v) is 2.41. The van der Waals surface area contributed by atoms with Gasteiger partial charge in [0.25, 0.3) is 0 Å². The molecule has 0 aliphatic heterocycles. The van der Waals surface area contributed by atoms with Gasteiger partial charge in [-0.3, -0.25) is 0 Å². The Balaban J connectivity index is 2.88. The van der Waals surface area contributed by atoms with E-state index in [-0.39, 0.29) is 12.7 Å². The summed E-state index contributed by atoms with van der Waals surface area (Å²) in [5.41, 5.74) is 5.34. The largest absolute Gasteiger partial charge is 0.325 e. The molecule has 0 fully saturated rings. The third kappa shape index (κ3) is 5.77. The highest BCUT2D eigenvalue weighted by molar-refractivity contribution is 4.57. The van der Waals surface area contributed by atoms with Crippen LogP contribution >= 0.6 is 0 Å². The van der Waals surface area contributed by atoms with Crippen LogP contribution < -0.4 is 5.73 Å². The zero-order chi connectivity index (χ0) is 7.11. The molecule has 1 nitrogen and oxygen atoms in total. The summed E-state index contributed by atoms with van der Waals surface area (Å²) in [4.78, 5) is 0. The molecule has 0 amide bonds. The van der Waals surface area contributed by atoms with Gasteiger partial charge in [0.05, 0.1) is 0 Å². The number of hydrogen-bond donors (Lipinski definition) is 1. The summed E-state index contributed by atoms with van der Waals surface area (Å²) in [6.07, 6.45) is 4.26. The van der Waals surface area contributed by atoms with Crippen LogP contribution in [0.2, 0.25) is 0 Å². The summed E-state index contributed by atoms with van der Waals surface area (Å²) in [5.74, 6) is 0. The number of halogens is 1. The highest BCUT2D eigenvalue weighted by Gasteiger charge is 1.98. The van der Waals surface area contributed by atoms with Crippen LogP contribution in [-0.2, 0) is 0 Å². The molecule has 0 saturated carbocycles. The van der Waals surface area contributed by atoms with Crippen LogP contribution in [-0.4, -0.2) is 12.7 Å². The fourth-order valence-electron chi connectivity index (χ4n) is 0.734. The van der Waals surface area contributed by atoms with E-state index in [0.717, 1.165) is 12.8 Å². The SMILES string of the molecule is CCCCCC(N)CF. The van der Waals surface area contributed by atoms with E-state index in [1.165, 1.54) is 12.8 Å². The van der Waals surface area contributed by atoms with Crippen molar-refractivity contribution in [1.29, 1.82) is 0 Å². The van der Waals surface area contributed by atoms with E-state index in [4.69, 9.17) is 5.73 Å². The third-order valence-electron chi connectivity index (χ3n) is 1.38. The van der Waals surface area contributed by atoms with Crippen LogP contribution in [0, 0.1) is 0 Å². The van der Waals surface area contributed by atoms with Crippen molar-refractivity contribution in [2.24, 2.45) is 5.73 Å². The van der Waals surface area contributed by atoms with E-state index < -0.39 is 0 Å². The summed E-state index contributed by atoms with van der Waals surface area (Å²) in [6.45, 7) is 1.75. The summed E-state index contributed by atoms with van der Waals surface area (Å²) in [6, 6.07) is -0.212. The van der Waals surface area contributed by atoms with Crippen LogP contribution in [0.15, 0.2) is 0 Å². The van der Waals surface area contributed by atoms with Gasteiger partial charge in [-0.15, -0.1) is 0 Å². The van der Waals surface area contributed by atoms with E-state index in [2.05, 4.69) is 6.92 Å². The van der Waals surface area contributed by atoms with Crippen molar-refractivity contribution in [3.8, 4) is 0 Å². The van der Waals surface area contributed by atoms with Gasteiger partial charge in [0.15, 0.2) is 0 Å². The van der Waals surface area contributed by atoms with Gasteiger partial charge in [0.1, 0.15) is 6.67 Å². The quantitative estimate of drug-likeness (QED) is 0.569. The molecular weight excluding hydrogens is 117 g/mol. The molecule has 0 aromatic rings. The van der Waals surface area contributed by atoms with Crippen molar-refractivity contribution in [1.82, 2.24) is 0 Å². The van der Waals surface area contributed by atoms with Gasteiger partial charge in [0, 0.05) is 6.04 Å². The minimum Gasteiger partial charge on any atom is -0.325 e. The molecule has 0 heterocycles. The van der Waals surface area contributed by atoms with E-state index in [1.807, 2.05) is 0 Å². The normalized spacial score (nSPS) is 13.7. The second kappa shape index (κ2) is 6.02. The molecule has 0 bridgehead atoms. The van der Waals surface area contributed by atoms with Gasteiger partial charge >= 0.3 is 0 Å². The molecule has 0 spiro atoms. The lowest BCUT2D eigenvalue weighted by Gasteiger charge is -2.03. The first kappa shape index (κ1) is 8.89. The summed E-state index contributed by atoms with van der Waals surface area (Å²) in [7, 11) is 0. The zero-order valence-corrected chi connectivity index (χ0v) is 6.07. The average molecular weight is 133 g/mol. The number of nitrogens with two attached hydrogens (primary N) is 1. The van der Waals surface area contributed by atoms with Crippen molar-refractivity contribution < 1.29 is 4.39 Å². The standard InChI is InChI=1S/C7H16FN/c1-2-3-4-5-7(9)6-8/h7H,2-6,9H2,1H3. The molecule has 2 N–H and O–H groups in total. The molecule has 1 atom stereocenters. The number of alkyl halides is 1. The molecule has 1 unspecified atom stereocenters. The highest BCUT2D eigenvalue weighted by atomic mass is 19.1. The lowest BCUT2D eigenvalue weighted by atomic mass is 10.1. The van der Waals surface area contributed by atoms with Crippen LogP contribution in [0.1, 0.15) is 32.6 Å². The van der Waals surface area contributed by atoms with Gasteiger partial charge in [-0.1, -0.05) is 26.2 Å². The molecule has 0 aliphatic rings. The van der Waals surface area contributed by atoms with E-state index in [9.17, 15) is 4.39 Å². The highest BCUT2D eigenvalue weighted by Crippen LogP contribution is 2.01. The number of unbranched alkanes of at least 4 members (excludes halogenated alkanes) is 2. The average Bonchev–Trinajstić information content (AvgIpc) is 1.89. The van der Waals surface area contributed by atoms with Gasteiger partial charge in [-0.2, -0.15) is 0 Å². The Bertz CT molecular complexity index is 56.9. The number of hydrogen-bond acceptors (Lipinski definition) is 1. The maximum absolute atomic E-state index is 11.7. The Kier molecular flexibility index (Phi) is 5.94. The Morgan fingerprint density at radius 1 is 1.44 bits per heavy atom. The molecule has 0 aromatic carbocycles. The van der Waals surface area contributed by atoms with Crippen LogP contribution in [0.5, 0.6) is 0 Å². The molecule has 0 aliphatic carbocycles. The van der Waals surface area contributed by atoms with Crippen molar-refractivity contribution in [2.75, 3.05) is 6.67 Å². The molecule has 0 rings (SSSR count). The molecule has 56 valence electrons. The maximum atomic E-state index is 11.7. The first-order valence-corrected chi connectivity index (χ1v) is 3.62. The molecule has 0 radical (unpaired) electrons. The number of rotatable bonds is 5. The van der Waals surface area contributed by atoms with Crippen LogP contribution in [0.4, 0.5) is 4.39 Å². The van der Waals surface area contributed by atoms with Gasteiger partial charge < -0.3 is 5.73 Å². The van der Waals surface area contributed by atoms with E-state index >= 15 is 0 Å². The van der Waals surface area contributed by atoms with Crippen molar-refractivity contribution >= 4 is 0 Å². The molecular formula is C7H16FN. The van der Waals surface area contributed by atoms with Crippen LogP contribution in [0.3, 0.4) is 0 Å². The zero-order valence-electron chi connectivity index (χ0n) is 6.07. The fourth-order valence-corrected chi connectivity index (χ4v) is 0.734. The first-order valence-electron chi connectivity index (χ1n) is 3.62. The van der Waals surface area contributed by atoms with E-state index in [1.54, 1.807) is 0 Å². The monoisotopic (exact) mass is 133 g/mol. The Morgan fingerprint density at radius 3 is 2.56 bits per heavy atom. The first-order chi connectivity index (χ1) is 4.31. The molecule has 0 aromatic heterocycles. The predicted molar refractivity (Wildman–Crippen MR) is 38.1 cm³/mol. The molecule has 9 heavy (non-hydrogen) atoms. The lowest BCUT2D eigenvalue weighted by molar-refractivity contribution is 0.404. The summed E-state index contributed by atoms with van der Waals surface area (Å²) < 4.78 is 11.7. The Hall–Kier alpha value is -0.110. The van der Waals surface area contributed by atoms with Gasteiger partial charge in [0.2, 0.25) is 0 Å². The Morgan fingerprint density at radius 2 is 2.11 bits per heavy atom. The van der Waals surface area contributed by atoms with Crippen molar-refractivity contribution in [2.45, 2.75) is 38.6 Å². The molecule has 0 saturated heterocycles. The predicted octanol–water partition coefficient (Wildman–Crippen LogP) is 1.86. The fraction of sp³-hybridized carbons (Fsp3) is 1.00. The maximum Gasteiger partial charge on any atom is 0.104 e. The third-order valence-corrected chi connectivity index (χ3v) is 1.38. The van der Waals surface area contributed by atoms with Gasteiger partial charge in [-0.25, -0.2) is 4.39 Å².